The zero-order chi connectivity index (χ0) is 13.1. The van der Waals surface area contributed by atoms with Gasteiger partial charge in [0.05, 0.1) is 5.69 Å². The first kappa shape index (κ1) is 13.5. The first-order valence-electron chi connectivity index (χ1n) is 6.11. The smallest absolute Gasteiger partial charge is 0.245 e. The number of benzene rings is 1. The minimum absolute atomic E-state index is 0.0874. The molecule has 1 heterocycles. The van der Waals surface area contributed by atoms with Gasteiger partial charge in [-0.25, -0.2) is 0 Å². The first-order chi connectivity index (χ1) is 8.65. The number of amides is 1. The highest BCUT2D eigenvalue weighted by Gasteiger charge is 2.30. The van der Waals surface area contributed by atoms with E-state index in [2.05, 4.69) is 15.9 Å². The van der Waals surface area contributed by atoms with Crippen LogP contribution in [0.4, 0.5) is 5.69 Å². The third kappa shape index (κ3) is 2.58. The highest BCUT2D eigenvalue weighted by Crippen LogP contribution is 2.27. The standard InChI is InChI=1S/C13H18BrN3O/c1-16-7-4-8-17(13(18)12(16)9-15)11-6-3-2-5-10(11)14/h2-3,5-6,12H,4,7-9,15H2,1H3. The van der Waals surface area contributed by atoms with Crippen molar-refractivity contribution in [1.29, 1.82) is 0 Å². The third-order valence-corrected chi connectivity index (χ3v) is 4.01. The summed E-state index contributed by atoms with van der Waals surface area (Å²) in [5, 5.41) is 0. The lowest BCUT2D eigenvalue weighted by Crippen LogP contribution is -2.48. The molecule has 1 atom stereocenters. The van der Waals surface area contributed by atoms with Gasteiger partial charge in [0.1, 0.15) is 6.04 Å². The van der Waals surface area contributed by atoms with E-state index < -0.39 is 0 Å². The van der Waals surface area contributed by atoms with Gasteiger partial charge in [0, 0.05) is 24.1 Å². The number of halogens is 1. The fourth-order valence-corrected chi connectivity index (χ4v) is 2.80. The van der Waals surface area contributed by atoms with E-state index in [1.54, 1.807) is 0 Å². The number of carbonyl (C=O) groups is 1. The topological polar surface area (TPSA) is 49.6 Å². The number of carbonyl (C=O) groups excluding carboxylic acids is 1. The Labute approximate surface area is 116 Å². The molecular formula is C13H18BrN3O. The molecule has 5 heteroatoms. The molecule has 1 aromatic carbocycles. The summed E-state index contributed by atoms with van der Waals surface area (Å²) < 4.78 is 0.943. The second-order valence-electron chi connectivity index (χ2n) is 4.53. The fourth-order valence-electron chi connectivity index (χ4n) is 2.30. The van der Waals surface area contributed by atoms with Crippen molar-refractivity contribution in [2.45, 2.75) is 12.5 Å². The predicted octanol–water partition coefficient (Wildman–Crippen LogP) is 1.44. The molecule has 2 rings (SSSR count). The summed E-state index contributed by atoms with van der Waals surface area (Å²) in [6.45, 7) is 1.99. The van der Waals surface area contributed by atoms with Crippen molar-refractivity contribution in [2.75, 3.05) is 31.6 Å². The van der Waals surface area contributed by atoms with E-state index in [0.717, 1.165) is 29.7 Å². The van der Waals surface area contributed by atoms with E-state index in [0.29, 0.717) is 6.54 Å². The molecule has 0 bridgehead atoms. The molecule has 2 N–H and O–H groups in total. The number of anilines is 1. The van der Waals surface area contributed by atoms with E-state index in [-0.39, 0.29) is 11.9 Å². The van der Waals surface area contributed by atoms with Gasteiger partial charge in [-0.3, -0.25) is 9.69 Å². The lowest BCUT2D eigenvalue weighted by molar-refractivity contribution is -0.122. The Morgan fingerprint density at radius 1 is 1.39 bits per heavy atom. The molecular weight excluding hydrogens is 294 g/mol. The van der Waals surface area contributed by atoms with Crippen LogP contribution in [0.1, 0.15) is 6.42 Å². The number of likely N-dealkylation sites (N-methyl/N-ethyl adjacent to an activating group) is 1. The Morgan fingerprint density at radius 2 is 2.11 bits per heavy atom. The number of nitrogens with two attached hydrogens (primary N) is 1. The summed E-state index contributed by atoms with van der Waals surface area (Å²) in [5.41, 5.74) is 6.66. The highest BCUT2D eigenvalue weighted by atomic mass is 79.9. The van der Waals surface area contributed by atoms with Gasteiger partial charge in [-0.1, -0.05) is 12.1 Å². The maximum absolute atomic E-state index is 12.5. The Balaban J connectivity index is 2.32. The van der Waals surface area contributed by atoms with E-state index >= 15 is 0 Å². The molecule has 1 saturated heterocycles. The van der Waals surface area contributed by atoms with E-state index in [4.69, 9.17) is 5.73 Å². The minimum Gasteiger partial charge on any atom is -0.328 e. The van der Waals surface area contributed by atoms with Gasteiger partial charge >= 0.3 is 0 Å². The number of hydrogen-bond donors (Lipinski definition) is 1. The summed E-state index contributed by atoms with van der Waals surface area (Å²) in [6.07, 6.45) is 0.958. The van der Waals surface area contributed by atoms with Crippen molar-refractivity contribution in [3.8, 4) is 0 Å². The number of hydrogen-bond acceptors (Lipinski definition) is 3. The van der Waals surface area contributed by atoms with Gasteiger partial charge in [-0.15, -0.1) is 0 Å². The van der Waals surface area contributed by atoms with Crippen LogP contribution in [-0.4, -0.2) is 43.5 Å². The summed E-state index contributed by atoms with van der Waals surface area (Å²) in [5.74, 6) is 0.0874. The number of para-hydroxylation sites is 1. The van der Waals surface area contributed by atoms with Gasteiger partial charge in [0.15, 0.2) is 0 Å². The molecule has 0 radical (unpaired) electrons. The Morgan fingerprint density at radius 3 is 2.78 bits per heavy atom. The van der Waals surface area contributed by atoms with Crippen LogP contribution in [-0.2, 0) is 4.79 Å². The lowest BCUT2D eigenvalue weighted by Gasteiger charge is -2.27. The molecule has 98 valence electrons. The van der Waals surface area contributed by atoms with Crippen LogP contribution >= 0.6 is 15.9 Å². The third-order valence-electron chi connectivity index (χ3n) is 3.34. The molecule has 1 amide bonds. The molecule has 1 aromatic rings. The Bertz CT molecular complexity index is 438. The average molecular weight is 312 g/mol. The largest absolute Gasteiger partial charge is 0.328 e. The minimum atomic E-state index is -0.223. The van der Waals surface area contributed by atoms with Crippen molar-refractivity contribution >= 4 is 27.5 Å². The van der Waals surface area contributed by atoms with Crippen molar-refractivity contribution in [3.63, 3.8) is 0 Å². The zero-order valence-corrected chi connectivity index (χ0v) is 12.1. The van der Waals surface area contributed by atoms with Crippen LogP contribution in [0, 0.1) is 0 Å². The molecule has 18 heavy (non-hydrogen) atoms. The van der Waals surface area contributed by atoms with Crippen molar-refractivity contribution < 1.29 is 4.79 Å². The molecule has 1 aliphatic rings. The second-order valence-corrected chi connectivity index (χ2v) is 5.38. The SMILES string of the molecule is CN1CCCN(c2ccccc2Br)C(=O)C1CN. The van der Waals surface area contributed by atoms with Crippen molar-refractivity contribution in [1.82, 2.24) is 4.90 Å². The van der Waals surface area contributed by atoms with Crippen LogP contribution in [0.2, 0.25) is 0 Å². The molecule has 1 fully saturated rings. The fraction of sp³-hybridized carbons (Fsp3) is 0.462. The predicted molar refractivity (Wildman–Crippen MR) is 76.6 cm³/mol. The number of nitrogens with zero attached hydrogens (tertiary/aromatic N) is 2. The van der Waals surface area contributed by atoms with Gasteiger partial charge < -0.3 is 10.6 Å². The summed E-state index contributed by atoms with van der Waals surface area (Å²) >= 11 is 3.50. The van der Waals surface area contributed by atoms with Gasteiger partial charge in [-0.2, -0.15) is 0 Å². The van der Waals surface area contributed by atoms with Crippen LogP contribution in [0.15, 0.2) is 28.7 Å². The second kappa shape index (κ2) is 5.82. The van der Waals surface area contributed by atoms with E-state index in [1.807, 2.05) is 41.1 Å². The van der Waals surface area contributed by atoms with Crippen LogP contribution in [0.3, 0.4) is 0 Å². The van der Waals surface area contributed by atoms with Crippen molar-refractivity contribution in [3.05, 3.63) is 28.7 Å². The highest BCUT2D eigenvalue weighted by molar-refractivity contribution is 9.10. The zero-order valence-electron chi connectivity index (χ0n) is 10.5. The normalized spacial score (nSPS) is 22.1. The van der Waals surface area contributed by atoms with Crippen molar-refractivity contribution in [2.24, 2.45) is 5.73 Å². The van der Waals surface area contributed by atoms with Crippen LogP contribution in [0.5, 0.6) is 0 Å². The molecule has 1 unspecified atom stereocenters. The molecule has 4 nitrogen and oxygen atoms in total. The van der Waals surface area contributed by atoms with E-state index in [1.165, 1.54) is 0 Å². The molecule has 0 aliphatic carbocycles. The number of rotatable bonds is 2. The van der Waals surface area contributed by atoms with Gasteiger partial charge in [0.2, 0.25) is 5.91 Å². The first-order valence-corrected chi connectivity index (χ1v) is 6.90. The van der Waals surface area contributed by atoms with E-state index in [9.17, 15) is 4.79 Å². The Kier molecular flexibility index (Phi) is 4.37. The summed E-state index contributed by atoms with van der Waals surface area (Å²) in [7, 11) is 1.96. The molecule has 1 aliphatic heterocycles. The average Bonchev–Trinajstić information content (AvgIpc) is 2.49. The quantitative estimate of drug-likeness (QED) is 0.899. The van der Waals surface area contributed by atoms with Gasteiger partial charge in [-0.05, 0) is 41.5 Å². The maximum Gasteiger partial charge on any atom is 0.245 e. The van der Waals surface area contributed by atoms with Crippen LogP contribution in [0.25, 0.3) is 0 Å². The molecule has 0 saturated carbocycles. The molecule has 0 aromatic heterocycles. The molecule has 0 spiro atoms. The monoisotopic (exact) mass is 311 g/mol. The maximum atomic E-state index is 12.5. The summed E-state index contributed by atoms with van der Waals surface area (Å²) in [6, 6.07) is 7.58. The lowest BCUT2D eigenvalue weighted by atomic mass is 10.2. The van der Waals surface area contributed by atoms with Gasteiger partial charge in [0.25, 0.3) is 0 Å². The Hall–Kier alpha value is -0.910. The summed E-state index contributed by atoms with van der Waals surface area (Å²) in [4.78, 5) is 16.4. The van der Waals surface area contributed by atoms with Crippen LogP contribution < -0.4 is 10.6 Å².